The summed E-state index contributed by atoms with van der Waals surface area (Å²) in [5, 5.41) is 0. The van der Waals surface area contributed by atoms with Crippen LogP contribution in [-0.4, -0.2) is 36.1 Å². The lowest BCUT2D eigenvalue weighted by molar-refractivity contribution is -0.121. The van der Waals surface area contributed by atoms with E-state index < -0.39 is 0 Å². The van der Waals surface area contributed by atoms with Gasteiger partial charge in [-0.05, 0) is 14.0 Å². The Kier molecular flexibility index (Phi) is 9.99. The van der Waals surface area contributed by atoms with Crippen LogP contribution in [0.4, 0.5) is 0 Å². The van der Waals surface area contributed by atoms with E-state index in [4.69, 9.17) is 0 Å². The van der Waals surface area contributed by atoms with E-state index in [0.29, 0.717) is 13.0 Å². The summed E-state index contributed by atoms with van der Waals surface area (Å²) in [5.41, 5.74) is 0. The van der Waals surface area contributed by atoms with E-state index in [0.717, 1.165) is 0 Å². The van der Waals surface area contributed by atoms with Gasteiger partial charge >= 0.3 is 0 Å². The largest absolute Gasteiger partial charge is 0.298 e. The van der Waals surface area contributed by atoms with Crippen LogP contribution < -0.4 is 0 Å². The minimum absolute atomic E-state index is 0.0911. The first-order valence-corrected chi connectivity index (χ1v) is 5.33. The van der Waals surface area contributed by atoms with Crippen molar-refractivity contribution in [1.29, 1.82) is 0 Å². The monoisotopic (exact) mass is 201 g/mol. The molecule has 3 heteroatoms. The summed E-state index contributed by atoms with van der Waals surface area (Å²) in [4.78, 5) is 23.4. The summed E-state index contributed by atoms with van der Waals surface area (Å²) < 4.78 is 0. The molecule has 0 radical (unpaired) electrons. The molecule has 84 valence electrons. The molecule has 1 unspecified atom stereocenters. The van der Waals surface area contributed by atoms with Crippen molar-refractivity contribution >= 4 is 11.6 Å². The van der Waals surface area contributed by atoms with Gasteiger partial charge in [-0.1, -0.05) is 27.7 Å². The number of rotatable bonds is 1. The molecule has 1 fully saturated rings. The van der Waals surface area contributed by atoms with Gasteiger partial charge in [0, 0.05) is 6.42 Å². The third-order valence-corrected chi connectivity index (χ3v) is 1.85. The maximum Gasteiger partial charge on any atom is 0.148 e. The van der Waals surface area contributed by atoms with Crippen molar-refractivity contribution in [2.24, 2.45) is 0 Å². The van der Waals surface area contributed by atoms with Gasteiger partial charge in [0.1, 0.15) is 11.6 Å². The fourth-order valence-electron chi connectivity index (χ4n) is 1.28. The predicted octanol–water partition coefficient (Wildman–Crippen LogP) is 1.90. The van der Waals surface area contributed by atoms with Crippen molar-refractivity contribution in [2.45, 2.75) is 47.1 Å². The first kappa shape index (κ1) is 15.8. The molecule has 1 atom stereocenters. The molecule has 0 aliphatic carbocycles. The second-order valence-corrected chi connectivity index (χ2v) is 2.78. The Labute approximate surface area is 87.5 Å². The van der Waals surface area contributed by atoms with E-state index in [2.05, 4.69) is 0 Å². The van der Waals surface area contributed by atoms with Crippen molar-refractivity contribution in [3.63, 3.8) is 0 Å². The molecule has 0 bridgehead atoms. The second-order valence-electron chi connectivity index (χ2n) is 2.78. The van der Waals surface area contributed by atoms with Crippen LogP contribution in [0.3, 0.4) is 0 Å². The maximum atomic E-state index is 10.8. The summed E-state index contributed by atoms with van der Waals surface area (Å²) in [7, 11) is 1.80. The topological polar surface area (TPSA) is 37.4 Å². The van der Waals surface area contributed by atoms with Crippen LogP contribution >= 0.6 is 0 Å². The Morgan fingerprint density at radius 2 is 1.71 bits per heavy atom. The van der Waals surface area contributed by atoms with Crippen LogP contribution in [0.2, 0.25) is 0 Å². The molecule has 0 aromatic heterocycles. The SMILES string of the molecule is CC.CC.CC(=O)C1CC(=O)CN1C. The number of hydrogen-bond acceptors (Lipinski definition) is 3. The quantitative estimate of drug-likeness (QED) is 0.650. The molecule has 1 rings (SSSR count). The van der Waals surface area contributed by atoms with E-state index in [1.165, 1.54) is 6.92 Å². The standard InChI is InChI=1S/C7H11NO2.2C2H6/c1-5(9)7-3-6(10)4-8(7)2;2*1-2/h7H,3-4H2,1-2H3;2*1-2H3. The Morgan fingerprint density at radius 1 is 1.29 bits per heavy atom. The lowest BCUT2D eigenvalue weighted by atomic mass is 10.1. The van der Waals surface area contributed by atoms with Gasteiger partial charge in [0.2, 0.25) is 0 Å². The van der Waals surface area contributed by atoms with E-state index >= 15 is 0 Å². The average molecular weight is 201 g/mol. The van der Waals surface area contributed by atoms with Crippen LogP contribution in [-0.2, 0) is 9.59 Å². The molecule has 1 heterocycles. The first-order valence-electron chi connectivity index (χ1n) is 5.33. The summed E-state index contributed by atoms with van der Waals surface area (Å²) >= 11 is 0. The highest BCUT2D eigenvalue weighted by Gasteiger charge is 2.30. The Morgan fingerprint density at radius 3 is 1.86 bits per heavy atom. The Bertz CT molecular complexity index is 178. The normalized spacial score (nSPS) is 20.4. The number of likely N-dealkylation sites (tertiary alicyclic amines) is 1. The first-order chi connectivity index (χ1) is 6.61. The van der Waals surface area contributed by atoms with Gasteiger partial charge in [0.15, 0.2) is 0 Å². The molecular weight excluding hydrogens is 178 g/mol. The third-order valence-electron chi connectivity index (χ3n) is 1.85. The molecule has 14 heavy (non-hydrogen) atoms. The van der Waals surface area contributed by atoms with Crippen molar-refractivity contribution in [1.82, 2.24) is 4.90 Å². The van der Waals surface area contributed by atoms with Crippen molar-refractivity contribution in [3.8, 4) is 0 Å². The maximum absolute atomic E-state index is 10.8. The third kappa shape index (κ3) is 5.12. The Hall–Kier alpha value is -0.700. The van der Waals surface area contributed by atoms with Crippen LogP contribution in [0.5, 0.6) is 0 Å². The van der Waals surface area contributed by atoms with Gasteiger partial charge in [0.25, 0.3) is 0 Å². The van der Waals surface area contributed by atoms with E-state index in [-0.39, 0.29) is 17.6 Å². The van der Waals surface area contributed by atoms with Gasteiger partial charge < -0.3 is 0 Å². The lowest BCUT2D eigenvalue weighted by Crippen LogP contribution is -2.30. The predicted molar refractivity (Wildman–Crippen MR) is 59.4 cm³/mol. The highest BCUT2D eigenvalue weighted by Crippen LogP contribution is 2.11. The number of ketones is 2. The number of likely N-dealkylation sites (N-methyl/N-ethyl adjacent to an activating group) is 1. The van der Waals surface area contributed by atoms with Crippen LogP contribution in [0.15, 0.2) is 0 Å². The zero-order chi connectivity index (χ0) is 11.7. The molecule has 0 aromatic carbocycles. The summed E-state index contributed by atoms with van der Waals surface area (Å²) in [6, 6.07) is -0.146. The number of carbonyl (C=O) groups excluding carboxylic acids is 2. The molecular formula is C11H23NO2. The number of nitrogens with zero attached hydrogens (tertiary/aromatic N) is 1. The lowest BCUT2D eigenvalue weighted by Gasteiger charge is -2.13. The summed E-state index contributed by atoms with van der Waals surface area (Å²) in [6.45, 7) is 9.96. The van der Waals surface area contributed by atoms with Crippen LogP contribution in [0.25, 0.3) is 0 Å². The molecule has 1 aliphatic rings. The summed E-state index contributed by atoms with van der Waals surface area (Å²) in [5.74, 6) is 0.260. The van der Waals surface area contributed by atoms with E-state index in [1.807, 2.05) is 27.7 Å². The van der Waals surface area contributed by atoms with Crippen molar-refractivity contribution in [3.05, 3.63) is 0 Å². The van der Waals surface area contributed by atoms with Crippen LogP contribution in [0.1, 0.15) is 41.0 Å². The van der Waals surface area contributed by atoms with Crippen molar-refractivity contribution in [2.75, 3.05) is 13.6 Å². The number of hydrogen-bond donors (Lipinski definition) is 0. The molecule has 0 aromatic rings. The van der Waals surface area contributed by atoms with Crippen LogP contribution in [0, 0.1) is 0 Å². The zero-order valence-corrected chi connectivity index (χ0v) is 10.3. The van der Waals surface area contributed by atoms with Crippen molar-refractivity contribution < 1.29 is 9.59 Å². The average Bonchev–Trinajstić information content (AvgIpc) is 2.52. The Balaban J connectivity index is 0. The highest BCUT2D eigenvalue weighted by atomic mass is 16.1. The second kappa shape index (κ2) is 8.88. The number of Topliss-reactive ketones (excluding diaryl/α,β-unsaturated/α-hetero) is 2. The molecule has 0 spiro atoms. The minimum atomic E-state index is -0.146. The van der Waals surface area contributed by atoms with Gasteiger partial charge in [-0.2, -0.15) is 0 Å². The fraction of sp³-hybridized carbons (Fsp3) is 0.818. The smallest absolute Gasteiger partial charge is 0.148 e. The summed E-state index contributed by atoms with van der Waals surface area (Å²) in [6.07, 6.45) is 0.409. The molecule has 0 N–H and O–H groups in total. The van der Waals surface area contributed by atoms with Gasteiger partial charge in [-0.3, -0.25) is 14.5 Å². The molecule has 1 aliphatic heterocycles. The van der Waals surface area contributed by atoms with Gasteiger partial charge in [-0.25, -0.2) is 0 Å². The number of carbonyl (C=O) groups is 2. The molecule has 3 nitrogen and oxygen atoms in total. The zero-order valence-electron chi connectivity index (χ0n) is 10.3. The molecule has 1 saturated heterocycles. The highest BCUT2D eigenvalue weighted by molar-refractivity contribution is 5.93. The fourth-order valence-corrected chi connectivity index (χ4v) is 1.28. The minimum Gasteiger partial charge on any atom is -0.298 e. The van der Waals surface area contributed by atoms with E-state index in [1.54, 1.807) is 11.9 Å². The molecule has 0 amide bonds. The molecule has 0 saturated carbocycles. The van der Waals surface area contributed by atoms with E-state index in [9.17, 15) is 9.59 Å². The van der Waals surface area contributed by atoms with Gasteiger partial charge in [0.05, 0.1) is 12.6 Å². The van der Waals surface area contributed by atoms with Gasteiger partial charge in [-0.15, -0.1) is 0 Å².